The Labute approximate surface area is 169 Å². The van der Waals surface area contributed by atoms with Crippen LogP contribution in [0.15, 0.2) is 64.1 Å². The topological polar surface area (TPSA) is 68.3 Å². The highest BCUT2D eigenvalue weighted by atomic mass is 16.4. The molecular weight excluding hydrogens is 366 g/mol. The summed E-state index contributed by atoms with van der Waals surface area (Å²) >= 11 is 0. The van der Waals surface area contributed by atoms with E-state index in [9.17, 15) is 9.59 Å². The van der Waals surface area contributed by atoms with E-state index in [4.69, 9.17) is 4.42 Å². The molecule has 3 aromatic rings. The van der Waals surface area contributed by atoms with Gasteiger partial charge in [-0.3, -0.25) is 14.6 Å². The molecule has 0 bridgehead atoms. The van der Waals surface area contributed by atoms with Gasteiger partial charge in [-0.25, -0.2) is 0 Å². The minimum Gasteiger partial charge on any atom is -0.454 e. The Morgan fingerprint density at radius 3 is 2.90 bits per heavy atom. The zero-order chi connectivity index (χ0) is 20.4. The molecule has 6 heteroatoms. The van der Waals surface area contributed by atoms with Crippen LogP contribution in [-0.2, 0) is 13.0 Å². The number of furan rings is 1. The molecule has 6 nitrogen and oxygen atoms in total. The molecule has 0 saturated heterocycles. The third-order valence-electron chi connectivity index (χ3n) is 5.39. The largest absolute Gasteiger partial charge is 0.454 e. The molecule has 0 saturated carbocycles. The Balaban J connectivity index is 1.60. The van der Waals surface area contributed by atoms with Gasteiger partial charge in [0.25, 0.3) is 11.5 Å². The van der Waals surface area contributed by atoms with Crippen LogP contribution >= 0.6 is 0 Å². The monoisotopic (exact) mass is 391 g/mol. The molecular formula is C23H25N3O3. The number of carbonyl (C=O) groups is 1. The van der Waals surface area contributed by atoms with Crippen LogP contribution in [0, 0.1) is 0 Å². The van der Waals surface area contributed by atoms with E-state index in [-0.39, 0.29) is 23.6 Å². The van der Waals surface area contributed by atoms with Crippen molar-refractivity contribution in [2.75, 3.05) is 0 Å². The van der Waals surface area contributed by atoms with Gasteiger partial charge in [-0.15, -0.1) is 0 Å². The lowest BCUT2D eigenvalue weighted by Gasteiger charge is -2.37. The predicted molar refractivity (Wildman–Crippen MR) is 110 cm³/mol. The van der Waals surface area contributed by atoms with Crippen molar-refractivity contribution in [3.8, 4) is 0 Å². The summed E-state index contributed by atoms with van der Waals surface area (Å²) in [6, 6.07) is 12.5. The number of carbonyl (C=O) groups excluding carboxylic acids is 1. The van der Waals surface area contributed by atoms with Gasteiger partial charge in [0.15, 0.2) is 5.76 Å². The highest BCUT2D eigenvalue weighted by molar-refractivity contribution is 5.92. The van der Waals surface area contributed by atoms with E-state index in [2.05, 4.69) is 11.1 Å². The summed E-state index contributed by atoms with van der Waals surface area (Å²) in [6.07, 6.45) is 6.41. The molecule has 1 aliphatic rings. The van der Waals surface area contributed by atoms with Crippen molar-refractivity contribution < 1.29 is 9.21 Å². The lowest BCUT2D eigenvalue weighted by atomic mass is 9.90. The Morgan fingerprint density at radius 2 is 2.10 bits per heavy atom. The number of hydrogen-bond acceptors (Lipinski definition) is 4. The smallest absolute Gasteiger partial charge is 0.290 e. The summed E-state index contributed by atoms with van der Waals surface area (Å²) in [7, 11) is 0. The first kappa shape index (κ1) is 19.2. The van der Waals surface area contributed by atoms with Crippen LogP contribution in [0.25, 0.3) is 0 Å². The molecule has 1 amide bonds. The summed E-state index contributed by atoms with van der Waals surface area (Å²) in [5.74, 6) is 0.725. The number of hydrogen-bond donors (Lipinski definition) is 0. The molecule has 1 atom stereocenters. The summed E-state index contributed by atoms with van der Waals surface area (Å²) in [4.78, 5) is 31.8. The highest BCUT2D eigenvalue weighted by Crippen LogP contribution is 2.35. The molecule has 29 heavy (non-hydrogen) atoms. The third kappa shape index (κ3) is 3.88. The maximum absolute atomic E-state index is 13.4. The van der Waals surface area contributed by atoms with Gasteiger partial charge >= 0.3 is 0 Å². The van der Waals surface area contributed by atoms with Crippen molar-refractivity contribution in [3.05, 3.63) is 88.0 Å². The third-order valence-corrected chi connectivity index (χ3v) is 5.39. The SMILES string of the molecule is CC(C)N(C(=O)c1ccc(Cn2ccccc2=O)o1)C1CCCc2cccnc21. The van der Waals surface area contributed by atoms with E-state index < -0.39 is 0 Å². The maximum atomic E-state index is 13.4. The average molecular weight is 391 g/mol. The first-order valence-electron chi connectivity index (χ1n) is 10.0. The van der Waals surface area contributed by atoms with Gasteiger partial charge in [0.2, 0.25) is 0 Å². The molecule has 0 fully saturated rings. The number of amides is 1. The van der Waals surface area contributed by atoms with Gasteiger partial charge in [0, 0.05) is 24.5 Å². The summed E-state index contributed by atoms with van der Waals surface area (Å²) in [5.41, 5.74) is 2.10. The molecule has 3 heterocycles. The Kier molecular flexibility index (Phi) is 5.34. The molecule has 0 aliphatic heterocycles. The fraction of sp³-hybridized carbons (Fsp3) is 0.348. The number of nitrogens with zero attached hydrogens (tertiary/aromatic N) is 3. The number of aryl methyl sites for hydroxylation is 1. The number of fused-ring (bicyclic) bond motifs is 1. The molecule has 0 radical (unpaired) electrons. The van der Waals surface area contributed by atoms with Gasteiger partial charge in [-0.05, 0) is 62.9 Å². The minimum absolute atomic E-state index is 0.00532. The number of pyridine rings is 2. The van der Waals surface area contributed by atoms with E-state index in [1.807, 2.05) is 24.8 Å². The van der Waals surface area contributed by atoms with Crippen LogP contribution in [0.5, 0.6) is 0 Å². The van der Waals surface area contributed by atoms with Crippen molar-refractivity contribution in [3.63, 3.8) is 0 Å². The van der Waals surface area contributed by atoms with Gasteiger partial charge in [0.1, 0.15) is 5.76 Å². The van der Waals surface area contributed by atoms with E-state index >= 15 is 0 Å². The van der Waals surface area contributed by atoms with Crippen molar-refractivity contribution in [2.45, 2.75) is 51.7 Å². The standard InChI is InChI=1S/C23H25N3O3/c1-16(2)26(19-9-5-7-17-8-6-13-24-22(17)19)23(28)20-12-11-18(29-20)15-25-14-4-3-10-21(25)27/h3-4,6,8,10-14,16,19H,5,7,9,15H2,1-2H3. The Bertz CT molecular complexity index is 1070. The van der Waals surface area contributed by atoms with E-state index in [1.54, 1.807) is 41.2 Å². The van der Waals surface area contributed by atoms with Gasteiger partial charge < -0.3 is 13.9 Å². The zero-order valence-electron chi connectivity index (χ0n) is 16.7. The van der Waals surface area contributed by atoms with Crippen molar-refractivity contribution in [1.29, 1.82) is 0 Å². The predicted octanol–water partition coefficient (Wildman–Crippen LogP) is 3.81. The molecule has 4 rings (SSSR count). The van der Waals surface area contributed by atoms with Gasteiger partial charge in [0.05, 0.1) is 18.3 Å². The summed E-state index contributed by atoms with van der Waals surface area (Å²) < 4.78 is 7.39. The normalized spacial score (nSPS) is 15.9. The molecule has 3 aromatic heterocycles. The first-order valence-corrected chi connectivity index (χ1v) is 10.0. The quantitative estimate of drug-likeness (QED) is 0.663. The van der Waals surface area contributed by atoms with Crippen LogP contribution in [0.2, 0.25) is 0 Å². The fourth-order valence-electron chi connectivity index (χ4n) is 4.06. The molecule has 0 N–H and O–H groups in total. The minimum atomic E-state index is -0.143. The van der Waals surface area contributed by atoms with Crippen LogP contribution in [0.4, 0.5) is 0 Å². The lowest BCUT2D eigenvalue weighted by molar-refractivity contribution is 0.0541. The molecule has 1 aliphatic carbocycles. The van der Waals surface area contributed by atoms with E-state index in [0.29, 0.717) is 18.1 Å². The second kappa shape index (κ2) is 8.07. The Morgan fingerprint density at radius 1 is 1.24 bits per heavy atom. The van der Waals surface area contributed by atoms with Crippen molar-refractivity contribution >= 4 is 5.91 Å². The highest BCUT2D eigenvalue weighted by Gasteiger charge is 2.33. The van der Waals surface area contributed by atoms with Crippen molar-refractivity contribution in [2.24, 2.45) is 0 Å². The van der Waals surface area contributed by atoms with Gasteiger partial charge in [-0.2, -0.15) is 0 Å². The van der Waals surface area contributed by atoms with E-state index in [0.717, 1.165) is 25.0 Å². The molecule has 1 unspecified atom stereocenters. The zero-order valence-corrected chi connectivity index (χ0v) is 16.7. The number of aromatic nitrogens is 2. The van der Waals surface area contributed by atoms with Crippen LogP contribution < -0.4 is 5.56 Å². The fourth-order valence-corrected chi connectivity index (χ4v) is 4.06. The van der Waals surface area contributed by atoms with Crippen molar-refractivity contribution in [1.82, 2.24) is 14.5 Å². The van der Waals surface area contributed by atoms with Crippen LogP contribution in [0.1, 0.15) is 60.3 Å². The van der Waals surface area contributed by atoms with E-state index in [1.165, 1.54) is 11.6 Å². The van der Waals surface area contributed by atoms with Gasteiger partial charge in [-0.1, -0.05) is 12.1 Å². The Hall–Kier alpha value is -3.15. The average Bonchev–Trinajstić information content (AvgIpc) is 3.18. The number of rotatable bonds is 5. The second-order valence-electron chi connectivity index (χ2n) is 7.69. The molecule has 0 aromatic carbocycles. The van der Waals surface area contributed by atoms with Crippen LogP contribution in [-0.4, -0.2) is 26.4 Å². The lowest BCUT2D eigenvalue weighted by Crippen LogP contribution is -2.41. The van der Waals surface area contributed by atoms with Crippen LogP contribution in [0.3, 0.4) is 0 Å². The summed E-state index contributed by atoms with van der Waals surface area (Å²) in [6.45, 7) is 4.33. The second-order valence-corrected chi connectivity index (χ2v) is 7.69. The maximum Gasteiger partial charge on any atom is 0.290 e. The summed E-state index contributed by atoms with van der Waals surface area (Å²) in [5, 5.41) is 0. The first-order chi connectivity index (χ1) is 14.0. The molecule has 150 valence electrons. The molecule has 0 spiro atoms.